The van der Waals surface area contributed by atoms with E-state index in [-0.39, 0.29) is 22.3 Å². The number of hydrogen-bond acceptors (Lipinski definition) is 7. The number of rotatable bonds is 4. The summed E-state index contributed by atoms with van der Waals surface area (Å²) in [5.74, 6) is -0.738. The number of aryl methyl sites for hydroxylation is 1. The third-order valence-electron chi connectivity index (χ3n) is 2.99. The molecule has 0 unspecified atom stereocenters. The number of alkyl halides is 3. The van der Waals surface area contributed by atoms with Gasteiger partial charge in [-0.1, -0.05) is 0 Å². The molecule has 0 fully saturated rings. The van der Waals surface area contributed by atoms with Gasteiger partial charge in [0, 0.05) is 7.05 Å². The Hall–Kier alpha value is -2.50. The quantitative estimate of drug-likeness (QED) is 0.590. The second kappa shape index (κ2) is 5.85. The van der Waals surface area contributed by atoms with E-state index < -0.39 is 27.1 Å². The molecule has 0 spiro atoms. The van der Waals surface area contributed by atoms with Crippen molar-refractivity contribution in [2.75, 3.05) is 14.2 Å². The lowest BCUT2D eigenvalue weighted by atomic mass is 10.1. The highest BCUT2D eigenvalue weighted by Gasteiger charge is 2.49. The second-order valence-corrected chi connectivity index (χ2v) is 6.01. The zero-order valence-corrected chi connectivity index (χ0v) is 13.4. The standard InChI is InChI=1S/C12H11F3N2O6S/c1-17-11(18)7-5-9(22-3)8(21-2)4-6(7)10(16-17)23-24(19,20)12(13,14)15/h4-5H,1-3H3. The second-order valence-electron chi connectivity index (χ2n) is 4.47. The molecule has 24 heavy (non-hydrogen) atoms. The van der Waals surface area contributed by atoms with Crippen molar-refractivity contribution in [1.82, 2.24) is 9.78 Å². The van der Waals surface area contributed by atoms with Crippen molar-refractivity contribution in [2.45, 2.75) is 5.51 Å². The topological polar surface area (TPSA) is 96.7 Å². The Morgan fingerprint density at radius 3 is 2.04 bits per heavy atom. The van der Waals surface area contributed by atoms with Crippen molar-refractivity contribution >= 4 is 20.9 Å². The molecule has 0 saturated heterocycles. The van der Waals surface area contributed by atoms with Gasteiger partial charge in [0.2, 0.25) is 0 Å². The number of fused-ring (bicyclic) bond motifs is 1. The van der Waals surface area contributed by atoms with Gasteiger partial charge in [-0.15, -0.1) is 5.10 Å². The number of aromatic nitrogens is 2. The normalized spacial score (nSPS) is 12.2. The van der Waals surface area contributed by atoms with Crippen LogP contribution in [-0.2, 0) is 17.2 Å². The molecule has 1 aromatic heterocycles. The van der Waals surface area contributed by atoms with Gasteiger partial charge in [-0.25, -0.2) is 4.68 Å². The van der Waals surface area contributed by atoms with Gasteiger partial charge in [-0.2, -0.15) is 21.6 Å². The molecule has 12 heteroatoms. The Labute approximate surface area is 133 Å². The van der Waals surface area contributed by atoms with E-state index in [4.69, 9.17) is 9.47 Å². The van der Waals surface area contributed by atoms with Gasteiger partial charge in [-0.05, 0) is 12.1 Å². The van der Waals surface area contributed by atoms with Crippen LogP contribution >= 0.6 is 0 Å². The maximum absolute atomic E-state index is 12.5. The summed E-state index contributed by atoms with van der Waals surface area (Å²) >= 11 is 0. The highest BCUT2D eigenvalue weighted by molar-refractivity contribution is 7.88. The van der Waals surface area contributed by atoms with E-state index in [1.807, 2.05) is 0 Å². The van der Waals surface area contributed by atoms with E-state index in [1.54, 1.807) is 0 Å². The fourth-order valence-electron chi connectivity index (χ4n) is 1.86. The van der Waals surface area contributed by atoms with E-state index >= 15 is 0 Å². The Morgan fingerprint density at radius 2 is 1.58 bits per heavy atom. The summed E-state index contributed by atoms with van der Waals surface area (Å²) in [5.41, 5.74) is -6.34. The van der Waals surface area contributed by atoms with Gasteiger partial charge < -0.3 is 13.7 Å². The molecule has 0 amide bonds. The fourth-order valence-corrected chi connectivity index (χ4v) is 2.28. The number of halogens is 3. The van der Waals surface area contributed by atoms with Crippen LogP contribution in [0.3, 0.4) is 0 Å². The summed E-state index contributed by atoms with van der Waals surface area (Å²) in [4.78, 5) is 12.1. The van der Waals surface area contributed by atoms with E-state index in [0.29, 0.717) is 4.68 Å². The Kier molecular flexibility index (Phi) is 4.35. The highest BCUT2D eigenvalue weighted by atomic mass is 32.2. The van der Waals surface area contributed by atoms with Gasteiger partial charge in [-0.3, -0.25) is 4.79 Å². The number of nitrogens with zero attached hydrogens (tertiary/aromatic N) is 2. The third-order valence-corrected chi connectivity index (χ3v) is 3.94. The zero-order valence-electron chi connectivity index (χ0n) is 12.5. The van der Waals surface area contributed by atoms with Gasteiger partial charge in [0.25, 0.3) is 11.4 Å². The van der Waals surface area contributed by atoms with Gasteiger partial charge >= 0.3 is 15.6 Å². The maximum atomic E-state index is 12.5. The SMILES string of the molecule is COc1cc2c(OS(=O)(=O)C(F)(F)F)nn(C)c(=O)c2cc1OC. The number of methoxy groups -OCH3 is 2. The fraction of sp³-hybridized carbons (Fsp3) is 0.333. The molecule has 0 atom stereocenters. The van der Waals surface area contributed by atoms with Crippen LogP contribution in [-0.4, -0.2) is 37.9 Å². The van der Waals surface area contributed by atoms with Crippen LogP contribution in [0.25, 0.3) is 10.8 Å². The van der Waals surface area contributed by atoms with E-state index in [2.05, 4.69) is 9.28 Å². The minimum atomic E-state index is -5.96. The lowest BCUT2D eigenvalue weighted by molar-refractivity contribution is -0.0501. The Morgan fingerprint density at radius 1 is 1.08 bits per heavy atom. The van der Waals surface area contributed by atoms with Crippen molar-refractivity contribution in [3.63, 3.8) is 0 Å². The summed E-state index contributed by atoms with van der Waals surface area (Å²) in [7, 11) is -2.28. The Bertz CT molecular complexity index is 952. The molecular formula is C12H11F3N2O6S. The monoisotopic (exact) mass is 368 g/mol. The smallest absolute Gasteiger partial charge is 0.493 e. The molecule has 0 aliphatic carbocycles. The summed E-state index contributed by atoms with van der Waals surface area (Å²) < 4.78 is 74.6. The van der Waals surface area contributed by atoms with Crippen LogP contribution in [0.15, 0.2) is 16.9 Å². The van der Waals surface area contributed by atoms with Gasteiger partial charge in [0.15, 0.2) is 11.5 Å². The lowest BCUT2D eigenvalue weighted by Gasteiger charge is -2.13. The van der Waals surface area contributed by atoms with Crippen LogP contribution in [0.2, 0.25) is 0 Å². The first kappa shape index (κ1) is 17.8. The molecule has 0 N–H and O–H groups in total. The molecule has 0 aliphatic heterocycles. The largest absolute Gasteiger partial charge is 0.534 e. The Balaban J connectivity index is 2.80. The first-order valence-corrected chi connectivity index (χ1v) is 7.56. The van der Waals surface area contributed by atoms with Crippen LogP contribution in [0.1, 0.15) is 0 Å². The van der Waals surface area contributed by atoms with Crippen molar-refractivity contribution in [1.29, 1.82) is 0 Å². The maximum Gasteiger partial charge on any atom is 0.534 e. The molecule has 8 nitrogen and oxygen atoms in total. The highest BCUT2D eigenvalue weighted by Crippen LogP contribution is 2.35. The van der Waals surface area contributed by atoms with Crippen molar-refractivity contribution < 1.29 is 35.2 Å². The van der Waals surface area contributed by atoms with Crippen LogP contribution in [0.5, 0.6) is 17.4 Å². The first-order valence-electron chi connectivity index (χ1n) is 6.15. The summed E-state index contributed by atoms with van der Waals surface area (Å²) in [5, 5.41) is 3.01. The first-order chi connectivity index (χ1) is 11.0. The molecule has 132 valence electrons. The predicted octanol–water partition coefficient (Wildman–Crippen LogP) is 1.18. The molecule has 0 radical (unpaired) electrons. The van der Waals surface area contributed by atoms with Crippen LogP contribution in [0.4, 0.5) is 13.2 Å². The van der Waals surface area contributed by atoms with Gasteiger partial charge in [0.05, 0.1) is 25.0 Å². The van der Waals surface area contributed by atoms with E-state index in [0.717, 1.165) is 13.1 Å². The summed E-state index contributed by atoms with van der Waals surface area (Å²) in [6, 6.07) is 2.29. The van der Waals surface area contributed by atoms with Crippen LogP contribution in [0, 0.1) is 0 Å². The molecular weight excluding hydrogens is 357 g/mol. The summed E-state index contributed by atoms with van der Waals surface area (Å²) in [6.07, 6.45) is 0. The average molecular weight is 368 g/mol. The van der Waals surface area contributed by atoms with Crippen molar-refractivity contribution in [3.8, 4) is 17.4 Å². The predicted molar refractivity (Wildman–Crippen MR) is 75.7 cm³/mol. The minimum absolute atomic E-state index is 0.0503. The van der Waals surface area contributed by atoms with Crippen LogP contribution < -0.4 is 19.2 Å². The van der Waals surface area contributed by atoms with E-state index in [9.17, 15) is 26.4 Å². The molecule has 0 aliphatic rings. The lowest BCUT2D eigenvalue weighted by Crippen LogP contribution is -2.30. The van der Waals surface area contributed by atoms with Crippen molar-refractivity contribution in [3.05, 3.63) is 22.5 Å². The number of benzene rings is 1. The molecule has 1 heterocycles. The molecule has 1 aromatic carbocycles. The molecule has 0 bridgehead atoms. The minimum Gasteiger partial charge on any atom is -0.493 e. The molecule has 2 rings (SSSR count). The number of ether oxygens (including phenoxy) is 2. The third kappa shape index (κ3) is 2.96. The number of hydrogen-bond donors (Lipinski definition) is 0. The zero-order chi connectivity index (χ0) is 18.3. The van der Waals surface area contributed by atoms with E-state index in [1.165, 1.54) is 20.3 Å². The average Bonchev–Trinajstić information content (AvgIpc) is 2.49. The van der Waals surface area contributed by atoms with Gasteiger partial charge in [0.1, 0.15) is 0 Å². The van der Waals surface area contributed by atoms with Crippen molar-refractivity contribution in [2.24, 2.45) is 7.05 Å². The molecule has 2 aromatic rings. The summed E-state index contributed by atoms with van der Waals surface area (Å²) in [6.45, 7) is 0. The molecule has 0 saturated carbocycles.